The Morgan fingerprint density at radius 1 is 1.15 bits per heavy atom. The Morgan fingerprint density at radius 2 is 1.85 bits per heavy atom. The minimum atomic E-state index is -0.0140. The minimum absolute atomic E-state index is 0.0140. The fourth-order valence-electron chi connectivity index (χ4n) is 3.89. The van der Waals surface area contributed by atoms with Crippen LogP contribution in [0.5, 0.6) is 11.5 Å². The fraction of sp³-hybridized carbons (Fsp3) is 0.500. The minimum Gasteiger partial charge on any atom is -0.496 e. The molecular formula is C20H26N2O3S. The number of amides is 1. The average Bonchev–Trinajstić information content (AvgIpc) is 2.86. The topological polar surface area (TPSA) is 42.0 Å². The Hall–Kier alpha value is -2.08. The maximum Gasteiger partial charge on any atom is 0.277 e. The molecule has 1 amide bonds. The third kappa shape index (κ3) is 3.18. The predicted octanol–water partition coefficient (Wildman–Crippen LogP) is 3.74. The molecule has 0 spiro atoms. The van der Waals surface area contributed by atoms with Crippen molar-refractivity contribution in [2.45, 2.75) is 45.1 Å². The van der Waals surface area contributed by atoms with Gasteiger partial charge in [-0.1, -0.05) is 19.3 Å². The van der Waals surface area contributed by atoms with E-state index in [-0.39, 0.29) is 11.9 Å². The van der Waals surface area contributed by atoms with Crippen molar-refractivity contribution in [1.82, 2.24) is 9.80 Å². The molecule has 1 aromatic rings. The molecule has 0 radical (unpaired) electrons. The summed E-state index contributed by atoms with van der Waals surface area (Å²) in [5.41, 5.74) is 2.34. The van der Waals surface area contributed by atoms with Crippen LogP contribution in [0.4, 0.5) is 0 Å². The van der Waals surface area contributed by atoms with Crippen molar-refractivity contribution < 1.29 is 14.3 Å². The van der Waals surface area contributed by atoms with Gasteiger partial charge in [0.25, 0.3) is 5.91 Å². The lowest BCUT2D eigenvalue weighted by Gasteiger charge is -2.30. The first-order valence-electron chi connectivity index (χ1n) is 9.04. The molecule has 1 saturated carbocycles. The number of rotatable bonds is 4. The summed E-state index contributed by atoms with van der Waals surface area (Å²) in [6.07, 6.45) is 7.47. The van der Waals surface area contributed by atoms with E-state index in [2.05, 4.69) is 0 Å². The summed E-state index contributed by atoms with van der Waals surface area (Å²) < 4.78 is 10.9. The summed E-state index contributed by atoms with van der Waals surface area (Å²) in [7, 11) is 5.12. The van der Waals surface area contributed by atoms with E-state index in [1.54, 1.807) is 14.2 Å². The highest BCUT2D eigenvalue weighted by Gasteiger charge is 2.40. The molecule has 0 N–H and O–H groups in total. The van der Waals surface area contributed by atoms with E-state index in [1.165, 1.54) is 6.42 Å². The van der Waals surface area contributed by atoms with Crippen LogP contribution in [0.25, 0.3) is 6.08 Å². The number of carbonyl (C=O) groups excluding carboxylic acids is 1. The number of hydrogen-bond acceptors (Lipinski definition) is 4. The summed E-state index contributed by atoms with van der Waals surface area (Å²) >= 11 is 5.58. The van der Waals surface area contributed by atoms with Gasteiger partial charge < -0.3 is 14.4 Å². The smallest absolute Gasteiger partial charge is 0.277 e. The van der Waals surface area contributed by atoms with E-state index < -0.39 is 0 Å². The molecule has 0 aromatic heterocycles. The Balaban J connectivity index is 1.97. The highest BCUT2D eigenvalue weighted by Crippen LogP contribution is 2.35. The SMILES string of the molecule is COc1ccc(/C=C2/C(=O)N(C3CCCCC3)C(=S)N2C)c(OC)c1C. The number of likely N-dealkylation sites (N-methyl/N-ethyl adjacent to an activating group) is 1. The van der Waals surface area contributed by atoms with Crippen molar-refractivity contribution >= 4 is 29.3 Å². The van der Waals surface area contributed by atoms with Gasteiger partial charge in [-0.05, 0) is 50.2 Å². The summed E-state index contributed by atoms with van der Waals surface area (Å²) in [4.78, 5) is 16.7. The molecule has 0 unspecified atom stereocenters. The van der Waals surface area contributed by atoms with Gasteiger partial charge in [0, 0.05) is 24.2 Å². The highest BCUT2D eigenvalue weighted by atomic mass is 32.1. The zero-order valence-corrected chi connectivity index (χ0v) is 16.7. The van der Waals surface area contributed by atoms with Crippen LogP contribution in [0.3, 0.4) is 0 Å². The van der Waals surface area contributed by atoms with Gasteiger partial charge in [0.1, 0.15) is 17.2 Å². The first kappa shape index (κ1) is 18.7. The quantitative estimate of drug-likeness (QED) is 0.593. The number of carbonyl (C=O) groups is 1. The number of methoxy groups -OCH3 is 2. The monoisotopic (exact) mass is 374 g/mol. The molecule has 1 aliphatic heterocycles. The largest absolute Gasteiger partial charge is 0.496 e. The Kier molecular flexibility index (Phi) is 5.51. The second-order valence-electron chi connectivity index (χ2n) is 6.85. The number of benzene rings is 1. The van der Waals surface area contributed by atoms with Gasteiger partial charge in [-0.2, -0.15) is 0 Å². The lowest BCUT2D eigenvalue weighted by molar-refractivity contribution is -0.124. The second kappa shape index (κ2) is 7.66. The van der Waals surface area contributed by atoms with E-state index in [4.69, 9.17) is 21.7 Å². The van der Waals surface area contributed by atoms with Crippen LogP contribution in [0.1, 0.15) is 43.2 Å². The molecule has 140 valence electrons. The van der Waals surface area contributed by atoms with Gasteiger partial charge in [-0.25, -0.2) is 0 Å². The molecule has 1 saturated heterocycles. The van der Waals surface area contributed by atoms with E-state index in [9.17, 15) is 4.79 Å². The zero-order valence-electron chi connectivity index (χ0n) is 15.9. The van der Waals surface area contributed by atoms with Crippen molar-refractivity contribution in [3.05, 3.63) is 29.0 Å². The zero-order chi connectivity index (χ0) is 18.8. The predicted molar refractivity (Wildman–Crippen MR) is 106 cm³/mol. The molecule has 1 aliphatic carbocycles. The lowest BCUT2D eigenvalue weighted by atomic mass is 9.94. The van der Waals surface area contributed by atoms with Crippen LogP contribution >= 0.6 is 12.2 Å². The fourth-order valence-corrected chi connectivity index (χ4v) is 4.22. The lowest BCUT2D eigenvalue weighted by Crippen LogP contribution is -2.41. The Morgan fingerprint density at radius 3 is 2.46 bits per heavy atom. The van der Waals surface area contributed by atoms with Gasteiger partial charge in [-0.15, -0.1) is 0 Å². The summed E-state index contributed by atoms with van der Waals surface area (Å²) in [6.45, 7) is 1.94. The van der Waals surface area contributed by atoms with Crippen LogP contribution in [-0.2, 0) is 4.79 Å². The maximum absolute atomic E-state index is 13.1. The van der Waals surface area contributed by atoms with E-state index in [0.29, 0.717) is 16.6 Å². The first-order valence-corrected chi connectivity index (χ1v) is 9.45. The number of ether oxygens (including phenoxy) is 2. The van der Waals surface area contributed by atoms with E-state index in [0.717, 1.165) is 42.6 Å². The summed E-state index contributed by atoms with van der Waals surface area (Å²) in [5.74, 6) is 1.45. The maximum atomic E-state index is 13.1. The normalized spacial score (nSPS) is 20.2. The third-order valence-electron chi connectivity index (χ3n) is 5.34. The number of hydrogen-bond donors (Lipinski definition) is 0. The highest BCUT2D eigenvalue weighted by molar-refractivity contribution is 7.80. The van der Waals surface area contributed by atoms with Crippen molar-refractivity contribution in [2.24, 2.45) is 0 Å². The van der Waals surface area contributed by atoms with E-state index >= 15 is 0 Å². The average molecular weight is 375 g/mol. The van der Waals surface area contributed by atoms with Crippen molar-refractivity contribution in [3.63, 3.8) is 0 Å². The Bertz CT molecular complexity index is 754. The van der Waals surface area contributed by atoms with Crippen LogP contribution < -0.4 is 9.47 Å². The number of nitrogens with zero attached hydrogens (tertiary/aromatic N) is 2. The van der Waals surface area contributed by atoms with Gasteiger partial charge in [0.05, 0.1) is 14.2 Å². The van der Waals surface area contributed by atoms with Crippen LogP contribution in [0.15, 0.2) is 17.8 Å². The van der Waals surface area contributed by atoms with Gasteiger partial charge >= 0.3 is 0 Å². The van der Waals surface area contributed by atoms with Gasteiger partial charge in [0.2, 0.25) is 0 Å². The first-order chi connectivity index (χ1) is 12.5. The molecule has 6 heteroatoms. The van der Waals surface area contributed by atoms with Gasteiger partial charge in [-0.3, -0.25) is 9.69 Å². The van der Waals surface area contributed by atoms with Crippen molar-refractivity contribution in [1.29, 1.82) is 0 Å². The molecule has 1 heterocycles. The molecule has 3 rings (SSSR count). The summed E-state index contributed by atoms with van der Waals surface area (Å²) in [5, 5.41) is 0.595. The molecule has 2 aliphatic rings. The number of thiocarbonyl (C=S) groups is 1. The molecule has 2 fully saturated rings. The molecule has 5 nitrogen and oxygen atoms in total. The summed E-state index contributed by atoms with van der Waals surface area (Å²) in [6, 6.07) is 4.02. The molecule has 26 heavy (non-hydrogen) atoms. The van der Waals surface area contributed by atoms with Crippen LogP contribution in [0.2, 0.25) is 0 Å². The standard InChI is InChI=1S/C20H26N2O3S/c1-13-17(24-3)11-10-14(18(13)25-4)12-16-19(23)22(20(26)21(16)2)15-8-6-5-7-9-15/h10-12,15H,5-9H2,1-4H3/b16-12-. The van der Waals surface area contributed by atoms with Crippen molar-refractivity contribution in [3.8, 4) is 11.5 Å². The molecular weight excluding hydrogens is 348 g/mol. The van der Waals surface area contributed by atoms with Gasteiger partial charge in [0.15, 0.2) is 5.11 Å². The molecule has 1 aromatic carbocycles. The third-order valence-corrected chi connectivity index (χ3v) is 5.81. The second-order valence-corrected chi connectivity index (χ2v) is 7.22. The molecule has 0 atom stereocenters. The van der Waals surface area contributed by atoms with Crippen LogP contribution in [-0.4, -0.2) is 48.1 Å². The Labute approximate surface area is 160 Å². The van der Waals surface area contributed by atoms with Crippen LogP contribution in [0, 0.1) is 6.92 Å². The van der Waals surface area contributed by atoms with E-state index in [1.807, 2.05) is 42.0 Å². The molecule has 0 bridgehead atoms. The van der Waals surface area contributed by atoms with Crippen molar-refractivity contribution in [2.75, 3.05) is 21.3 Å².